The fraction of sp³-hybridized carbons (Fsp3) is 0. The first-order valence-corrected chi connectivity index (χ1v) is 13.0. The molecule has 0 heterocycles. The third-order valence-electron chi connectivity index (χ3n) is 7.79. The van der Waals surface area contributed by atoms with Gasteiger partial charge in [-0.1, -0.05) is 135 Å². The number of fused-ring (bicyclic) bond motifs is 4. The van der Waals surface area contributed by atoms with Crippen LogP contribution in [0.25, 0.3) is 77.5 Å². The van der Waals surface area contributed by atoms with Gasteiger partial charge in [0.2, 0.25) is 0 Å². The molecule has 0 amide bonds. The van der Waals surface area contributed by atoms with Crippen LogP contribution < -0.4 is 0 Å². The van der Waals surface area contributed by atoms with E-state index in [4.69, 9.17) is 0 Å². The Labute approximate surface area is 222 Å². The molecule has 7 aromatic rings. The van der Waals surface area contributed by atoms with Gasteiger partial charge in [-0.15, -0.1) is 0 Å². The molecular formula is C38H26. The summed E-state index contributed by atoms with van der Waals surface area (Å²) >= 11 is 0. The second-order valence-corrected chi connectivity index (χ2v) is 9.78. The van der Waals surface area contributed by atoms with Crippen molar-refractivity contribution in [2.45, 2.75) is 0 Å². The largest absolute Gasteiger partial charge is 0.0984 e. The maximum Gasteiger partial charge on any atom is -0.00199 e. The van der Waals surface area contributed by atoms with Gasteiger partial charge in [0.05, 0.1) is 0 Å². The average molecular weight is 483 g/mol. The van der Waals surface area contributed by atoms with Crippen LogP contribution in [0.15, 0.2) is 134 Å². The number of hydrogen-bond acceptors (Lipinski definition) is 0. The summed E-state index contributed by atoms with van der Waals surface area (Å²) in [5.41, 5.74) is 7.19. The van der Waals surface area contributed by atoms with E-state index in [0.717, 1.165) is 11.1 Å². The van der Waals surface area contributed by atoms with Gasteiger partial charge in [0.25, 0.3) is 0 Å². The molecule has 0 N–H and O–H groups in total. The fourth-order valence-electron chi connectivity index (χ4n) is 6.08. The second kappa shape index (κ2) is 8.87. The van der Waals surface area contributed by atoms with Crippen LogP contribution in [0.2, 0.25) is 0 Å². The lowest BCUT2D eigenvalue weighted by Crippen LogP contribution is -1.94. The second-order valence-electron chi connectivity index (χ2n) is 9.78. The zero-order valence-corrected chi connectivity index (χ0v) is 21.1. The van der Waals surface area contributed by atoms with Crippen molar-refractivity contribution in [3.63, 3.8) is 0 Å². The van der Waals surface area contributed by atoms with Crippen LogP contribution >= 0.6 is 0 Å². The highest BCUT2D eigenvalue weighted by molar-refractivity contribution is 6.25. The standard InChI is InChI=1S/C38H26/c1-3-25-23-35-36(24-26(25)4-2)38(32-22-12-16-28-14-6-8-18-30(28)32)34-20-10-9-19-33(34)37(35)31-21-11-15-27-13-5-7-17-29(27)31/h3-24H,1-2H2. The van der Waals surface area contributed by atoms with Crippen LogP contribution in [0.1, 0.15) is 11.1 Å². The number of benzene rings is 7. The summed E-state index contributed by atoms with van der Waals surface area (Å²) in [6.45, 7) is 8.27. The van der Waals surface area contributed by atoms with E-state index in [1.165, 1.54) is 65.3 Å². The van der Waals surface area contributed by atoms with E-state index in [0.29, 0.717) is 0 Å². The molecule has 0 unspecified atom stereocenters. The minimum Gasteiger partial charge on any atom is -0.0984 e. The Morgan fingerprint density at radius 3 is 1.16 bits per heavy atom. The van der Waals surface area contributed by atoms with Crippen molar-refractivity contribution in [1.29, 1.82) is 0 Å². The third kappa shape index (κ3) is 3.31. The monoisotopic (exact) mass is 482 g/mol. The van der Waals surface area contributed by atoms with E-state index in [2.05, 4.69) is 134 Å². The minimum atomic E-state index is 1.09. The quantitative estimate of drug-likeness (QED) is 0.219. The zero-order valence-electron chi connectivity index (χ0n) is 21.1. The molecule has 178 valence electrons. The van der Waals surface area contributed by atoms with Crippen LogP contribution in [0.3, 0.4) is 0 Å². The lowest BCUT2D eigenvalue weighted by molar-refractivity contribution is 1.65. The topological polar surface area (TPSA) is 0 Å². The van der Waals surface area contributed by atoms with Gasteiger partial charge in [0, 0.05) is 0 Å². The van der Waals surface area contributed by atoms with Crippen LogP contribution in [0.4, 0.5) is 0 Å². The molecule has 0 saturated carbocycles. The summed E-state index contributed by atoms with van der Waals surface area (Å²) in [7, 11) is 0. The molecule has 0 saturated heterocycles. The van der Waals surface area contributed by atoms with E-state index in [9.17, 15) is 0 Å². The highest BCUT2D eigenvalue weighted by atomic mass is 14.2. The first kappa shape index (κ1) is 22.3. The van der Waals surface area contributed by atoms with Gasteiger partial charge in [-0.3, -0.25) is 0 Å². The highest BCUT2D eigenvalue weighted by Crippen LogP contribution is 2.47. The zero-order chi connectivity index (χ0) is 25.6. The normalized spacial score (nSPS) is 11.4. The smallest absolute Gasteiger partial charge is 0.00199 e. The first-order valence-electron chi connectivity index (χ1n) is 13.0. The average Bonchev–Trinajstić information content (AvgIpc) is 2.98. The van der Waals surface area contributed by atoms with Gasteiger partial charge in [-0.25, -0.2) is 0 Å². The predicted octanol–water partition coefficient (Wildman–Crippen LogP) is 10.9. The molecule has 7 aromatic carbocycles. The maximum absolute atomic E-state index is 4.13. The van der Waals surface area contributed by atoms with Crippen molar-refractivity contribution in [3.05, 3.63) is 146 Å². The third-order valence-corrected chi connectivity index (χ3v) is 7.79. The van der Waals surface area contributed by atoms with Crippen molar-refractivity contribution >= 4 is 55.2 Å². The first-order chi connectivity index (χ1) is 18.8. The lowest BCUT2D eigenvalue weighted by atomic mass is 9.82. The number of hydrogen-bond donors (Lipinski definition) is 0. The Balaban J connectivity index is 1.75. The lowest BCUT2D eigenvalue weighted by Gasteiger charge is -2.21. The van der Waals surface area contributed by atoms with E-state index < -0.39 is 0 Å². The fourth-order valence-corrected chi connectivity index (χ4v) is 6.08. The Morgan fingerprint density at radius 1 is 0.368 bits per heavy atom. The molecule has 0 heteroatoms. The van der Waals surface area contributed by atoms with Gasteiger partial charge in [-0.05, 0) is 88.6 Å². The van der Waals surface area contributed by atoms with E-state index in [-0.39, 0.29) is 0 Å². The van der Waals surface area contributed by atoms with Crippen LogP contribution in [0.5, 0.6) is 0 Å². The molecular weight excluding hydrogens is 456 g/mol. The van der Waals surface area contributed by atoms with Crippen molar-refractivity contribution in [3.8, 4) is 22.3 Å². The molecule has 0 aliphatic carbocycles. The summed E-state index contributed by atoms with van der Waals surface area (Å²) in [5.74, 6) is 0. The molecule has 0 bridgehead atoms. The van der Waals surface area contributed by atoms with E-state index in [1.54, 1.807) is 0 Å². The van der Waals surface area contributed by atoms with Gasteiger partial charge in [0.15, 0.2) is 0 Å². The van der Waals surface area contributed by atoms with Crippen molar-refractivity contribution in [1.82, 2.24) is 0 Å². The molecule has 0 atom stereocenters. The summed E-state index contributed by atoms with van der Waals surface area (Å²) < 4.78 is 0. The molecule has 0 aromatic heterocycles. The minimum absolute atomic E-state index is 1.09. The summed E-state index contributed by atoms with van der Waals surface area (Å²) in [4.78, 5) is 0. The molecule has 0 fully saturated rings. The molecule has 0 radical (unpaired) electrons. The van der Waals surface area contributed by atoms with Crippen LogP contribution in [-0.2, 0) is 0 Å². The Hall–Kier alpha value is -4.94. The summed E-state index contributed by atoms with van der Waals surface area (Å²) in [6, 6.07) is 44.0. The van der Waals surface area contributed by atoms with Gasteiger partial charge in [0.1, 0.15) is 0 Å². The SMILES string of the molecule is C=Cc1cc2c(-c3cccc4ccccc34)c3ccccc3c(-c3cccc4ccccc34)c2cc1C=C. The summed E-state index contributed by atoms with van der Waals surface area (Å²) in [5, 5.41) is 9.95. The Kier molecular flexibility index (Phi) is 5.20. The van der Waals surface area contributed by atoms with Crippen molar-refractivity contribution in [2.75, 3.05) is 0 Å². The molecule has 38 heavy (non-hydrogen) atoms. The highest BCUT2D eigenvalue weighted by Gasteiger charge is 2.20. The summed E-state index contributed by atoms with van der Waals surface area (Å²) in [6.07, 6.45) is 3.88. The Bertz CT molecular complexity index is 1900. The van der Waals surface area contributed by atoms with Gasteiger partial charge in [-0.2, -0.15) is 0 Å². The maximum atomic E-state index is 4.13. The van der Waals surface area contributed by atoms with Crippen LogP contribution in [0, 0.1) is 0 Å². The predicted molar refractivity (Wildman–Crippen MR) is 168 cm³/mol. The molecule has 7 rings (SSSR count). The van der Waals surface area contributed by atoms with Crippen molar-refractivity contribution < 1.29 is 0 Å². The van der Waals surface area contributed by atoms with Crippen LogP contribution in [-0.4, -0.2) is 0 Å². The van der Waals surface area contributed by atoms with Crippen molar-refractivity contribution in [2.24, 2.45) is 0 Å². The van der Waals surface area contributed by atoms with E-state index >= 15 is 0 Å². The van der Waals surface area contributed by atoms with Gasteiger partial charge >= 0.3 is 0 Å². The number of rotatable bonds is 4. The Morgan fingerprint density at radius 2 is 0.737 bits per heavy atom. The van der Waals surface area contributed by atoms with Gasteiger partial charge < -0.3 is 0 Å². The molecule has 0 aliphatic rings. The van der Waals surface area contributed by atoms with E-state index in [1.807, 2.05) is 12.2 Å². The molecule has 0 aliphatic heterocycles. The molecule has 0 spiro atoms. The molecule has 0 nitrogen and oxygen atoms in total.